The minimum atomic E-state index is -0.375. The van der Waals surface area contributed by atoms with Crippen LogP contribution in [-0.4, -0.2) is 25.5 Å². The van der Waals surface area contributed by atoms with Crippen LogP contribution in [0, 0.1) is 6.92 Å². The molecule has 2 aromatic carbocycles. The number of anilines is 1. The summed E-state index contributed by atoms with van der Waals surface area (Å²) in [6, 6.07) is 14.7. The number of benzene rings is 2. The van der Waals surface area contributed by atoms with E-state index in [1.165, 1.54) is 0 Å². The molecule has 0 aliphatic carbocycles. The Hall–Kier alpha value is -2.81. The number of amides is 1. The molecule has 2 aromatic heterocycles. The number of carbonyl (C=O) groups is 1. The van der Waals surface area contributed by atoms with Crippen molar-refractivity contribution < 1.29 is 9.53 Å². The van der Waals surface area contributed by atoms with E-state index in [1.807, 2.05) is 37.3 Å². The van der Waals surface area contributed by atoms with Crippen molar-refractivity contribution in [3.05, 3.63) is 92.3 Å². The third-order valence-electron chi connectivity index (χ3n) is 4.60. The molecule has 0 saturated carbocycles. The average molecular weight is 535 g/mol. The van der Waals surface area contributed by atoms with E-state index in [9.17, 15) is 4.79 Å². The highest BCUT2D eigenvalue weighted by atomic mass is 79.9. The fraction of sp³-hybridized carbons (Fsp3) is 0.136. The number of hydrogen-bond acceptors (Lipinski definition) is 4. The smallest absolute Gasteiger partial charge is 0.277 e. The maximum atomic E-state index is 12.6. The van der Waals surface area contributed by atoms with Crippen molar-refractivity contribution >= 4 is 50.9 Å². The summed E-state index contributed by atoms with van der Waals surface area (Å²) in [6.45, 7) is 2.63. The molecule has 7 nitrogen and oxygen atoms in total. The molecule has 0 aliphatic rings. The number of hydrogen-bond donors (Lipinski definition) is 1. The van der Waals surface area contributed by atoms with Gasteiger partial charge in [0.2, 0.25) is 0 Å². The highest BCUT2D eigenvalue weighted by Gasteiger charge is 2.15. The predicted molar refractivity (Wildman–Crippen MR) is 127 cm³/mol. The molecule has 0 spiro atoms. The summed E-state index contributed by atoms with van der Waals surface area (Å²) in [5.74, 6) is 0.784. The third kappa shape index (κ3) is 5.32. The third-order valence-corrected chi connectivity index (χ3v) is 5.92. The lowest BCUT2D eigenvalue weighted by Crippen LogP contribution is -2.15. The van der Waals surface area contributed by atoms with Crippen LogP contribution in [0.3, 0.4) is 0 Å². The number of ether oxygens (including phenoxy) is 1. The summed E-state index contributed by atoms with van der Waals surface area (Å²) in [5, 5.41) is 12.4. The Morgan fingerprint density at radius 3 is 2.69 bits per heavy atom. The number of aryl methyl sites for hydroxylation is 1. The lowest BCUT2D eigenvalue weighted by molar-refractivity contribution is 0.101. The van der Waals surface area contributed by atoms with E-state index in [0.29, 0.717) is 26.9 Å². The van der Waals surface area contributed by atoms with Crippen molar-refractivity contribution in [1.82, 2.24) is 19.6 Å². The molecule has 0 radical (unpaired) electrons. The normalized spacial score (nSPS) is 10.9. The number of aromatic nitrogens is 4. The lowest BCUT2D eigenvalue weighted by atomic mass is 10.2. The molecule has 4 rings (SSSR count). The van der Waals surface area contributed by atoms with Crippen LogP contribution in [0.25, 0.3) is 0 Å². The highest BCUT2D eigenvalue weighted by molar-refractivity contribution is 9.10. The monoisotopic (exact) mass is 533 g/mol. The summed E-state index contributed by atoms with van der Waals surface area (Å²) in [6.07, 6.45) is 3.46. The van der Waals surface area contributed by atoms with Gasteiger partial charge in [-0.15, -0.1) is 0 Å². The predicted octanol–water partition coefficient (Wildman–Crippen LogP) is 5.79. The quantitative estimate of drug-likeness (QED) is 0.325. The van der Waals surface area contributed by atoms with Gasteiger partial charge in [-0.1, -0.05) is 47.5 Å². The van der Waals surface area contributed by atoms with E-state index in [2.05, 4.69) is 31.4 Å². The largest absolute Gasteiger partial charge is 0.471 e. The highest BCUT2D eigenvalue weighted by Crippen LogP contribution is 2.25. The minimum absolute atomic E-state index is 0.195. The molecule has 2 heterocycles. The van der Waals surface area contributed by atoms with E-state index in [-0.39, 0.29) is 18.3 Å². The molecule has 1 N–H and O–H groups in total. The number of carbonyl (C=O) groups excluding carboxylic acids is 1. The van der Waals surface area contributed by atoms with Crippen molar-refractivity contribution in [2.45, 2.75) is 20.2 Å². The molecule has 0 saturated heterocycles. The van der Waals surface area contributed by atoms with Gasteiger partial charge in [-0.3, -0.25) is 9.48 Å². The zero-order valence-electron chi connectivity index (χ0n) is 16.9. The molecule has 0 bridgehead atoms. The van der Waals surface area contributed by atoms with Gasteiger partial charge in [0.1, 0.15) is 5.75 Å². The van der Waals surface area contributed by atoms with Crippen LogP contribution in [0.4, 0.5) is 5.82 Å². The Morgan fingerprint density at radius 1 is 1.09 bits per heavy atom. The van der Waals surface area contributed by atoms with E-state index in [1.54, 1.807) is 40.0 Å². The first-order chi connectivity index (χ1) is 15.4. The number of rotatable bonds is 7. The summed E-state index contributed by atoms with van der Waals surface area (Å²) in [5.41, 5.74) is 2.21. The Morgan fingerprint density at radius 2 is 1.91 bits per heavy atom. The SMILES string of the molecule is Cc1ccccc1OCn1ccc(C(=O)Nc2nn(Cc3ccc(Cl)c(Cl)c3)cc2Br)n1. The van der Waals surface area contributed by atoms with E-state index in [0.717, 1.165) is 16.9 Å². The van der Waals surface area contributed by atoms with E-state index >= 15 is 0 Å². The Labute approximate surface area is 203 Å². The zero-order chi connectivity index (χ0) is 22.7. The zero-order valence-corrected chi connectivity index (χ0v) is 20.0. The van der Waals surface area contributed by atoms with Gasteiger partial charge in [-0.25, -0.2) is 4.68 Å². The van der Waals surface area contributed by atoms with Gasteiger partial charge in [0, 0.05) is 12.4 Å². The van der Waals surface area contributed by atoms with Gasteiger partial charge in [-0.2, -0.15) is 10.2 Å². The Kier molecular flexibility index (Phi) is 6.83. The lowest BCUT2D eigenvalue weighted by Gasteiger charge is -2.08. The van der Waals surface area contributed by atoms with Crippen LogP contribution in [0.5, 0.6) is 5.75 Å². The van der Waals surface area contributed by atoms with Crippen LogP contribution < -0.4 is 10.1 Å². The first kappa shape index (κ1) is 22.4. The summed E-state index contributed by atoms with van der Waals surface area (Å²) < 4.78 is 9.65. The number of halogens is 3. The molecular formula is C22H18BrCl2N5O2. The summed E-state index contributed by atoms with van der Waals surface area (Å²) in [7, 11) is 0. The standard InChI is InChI=1S/C22H18BrCl2N5O2/c1-14-4-2-3-5-20(14)32-13-29-9-8-19(27-29)22(31)26-21-16(23)12-30(28-21)11-15-6-7-17(24)18(25)10-15/h2-10,12H,11,13H2,1H3,(H,26,28,31). The van der Waals surface area contributed by atoms with Crippen LogP contribution in [-0.2, 0) is 13.3 Å². The van der Waals surface area contributed by atoms with Crippen molar-refractivity contribution in [3.63, 3.8) is 0 Å². The second-order valence-corrected chi connectivity index (χ2v) is 8.67. The molecule has 0 fully saturated rings. The van der Waals surface area contributed by atoms with Crippen molar-refractivity contribution in [3.8, 4) is 5.75 Å². The summed E-state index contributed by atoms with van der Waals surface area (Å²) in [4.78, 5) is 12.6. The second-order valence-electron chi connectivity index (χ2n) is 7.01. The molecule has 0 aliphatic heterocycles. The Balaban J connectivity index is 1.39. The fourth-order valence-electron chi connectivity index (χ4n) is 2.97. The topological polar surface area (TPSA) is 74.0 Å². The maximum Gasteiger partial charge on any atom is 0.277 e. The average Bonchev–Trinajstić information content (AvgIpc) is 3.37. The minimum Gasteiger partial charge on any atom is -0.471 e. The van der Waals surface area contributed by atoms with E-state index < -0.39 is 0 Å². The maximum absolute atomic E-state index is 12.6. The van der Waals surface area contributed by atoms with Gasteiger partial charge in [0.15, 0.2) is 18.2 Å². The van der Waals surface area contributed by atoms with Crippen molar-refractivity contribution in [1.29, 1.82) is 0 Å². The van der Waals surface area contributed by atoms with Crippen LogP contribution in [0.15, 0.2) is 65.4 Å². The first-order valence-corrected chi connectivity index (χ1v) is 11.1. The molecule has 1 amide bonds. The van der Waals surface area contributed by atoms with Crippen LogP contribution >= 0.6 is 39.1 Å². The fourth-order valence-corrected chi connectivity index (χ4v) is 3.70. The van der Waals surface area contributed by atoms with Gasteiger partial charge in [0.05, 0.1) is 21.1 Å². The number of nitrogens with zero attached hydrogens (tertiary/aromatic N) is 4. The molecule has 32 heavy (non-hydrogen) atoms. The first-order valence-electron chi connectivity index (χ1n) is 9.59. The molecule has 0 unspecified atom stereocenters. The van der Waals surface area contributed by atoms with Crippen LogP contribution in [0.1, 0.15) is 21.6 Å². The molecule has 10 heteroatoms. The van der Waals surface area contributed by atoms with Crippen LogP contribution in [0.2, 0.25) is 10.0 Å². The second kappa shape index (κ2) is 9.77. The van der Waals surface area contributed by atoms with Gasteiger partial charge in [-0.05, 0) is 58.2 Å². The van der Waals surface area contributed by atoms with Gasteiger partial charge >= 0.3 is 0 Å². The van der Waals surface area contributed by atoms with Crippen molar-refractivity contribution in [2.75, 3.05) is 5.32 Å². The van der Waals surface area contributed by atoms with Gasteiger partial charge < -0.3 is 10.1 Å². The van der Waals surface area contributed by atoms with Crippen molar-refractivity contribution in [2.24, 2.45) is 0 Å². The number of nitrogens with one attached hydrogen (secondary N) is 1. The molecule has 0 atom stereocenters. The molecular weight excluding hydrogens is 517 g/mol. The number of para-hydroxylation sites is 1. The molecule has 4 aromatic rings. The summed E-state index contributed by atoms with van der Waals surface area (Å²) >= 11 is 15.5. The Bertz CT molecular complexity index is 1270. The molecule has 164 valence electrons. The van der Waals surface area contributed by atoms with E-state index in [4.69, 9.17) is 27.9 Å². The van der Waals surface area contributed by atoms with Gasteiger partial charge in [0.25, 0.3) is 5.91 Å².